The topological polar surface area (TPSA) is 89.2 Å². The van der Waals surface area contributed by atoms with Crippen molar-refractivity contribution in [2.45, 2.75) is 32.6 Å². The zero-order chi connectivity index (χ0) is 20.4. The highest BCUT2D eigenvalue weighted by atomic mass is 16.6. The molecule has 1 aliphatic carbocycles. The number of hydrogen-bond acceptors (Lipinski definition) is 4. The SMILES string of the molecule is Cc1c(C(=O)Nc2ccccc2)c2c(n1Nc1ccc([N+](=O)[O-])cc1)CCCC2. The molecule has 148 valence electrons. The number of amides is 1. The Hall–Kier alpha value is -3.61. The van der Waals surface area contributed by atoms with Crippen molar-refractivity contribution in [1.29, 1.82) is 0 Å². The Bertz CT molecular complexity index is 1060. The number of benzene rings is 2. The molecule has 0 atom stereocenters. The molecule has 2 aromatic carbocycles. The number of aromatic nitrogens is 1. The molecule has 1 aromatic heterocycles. The van der Waals surface area contributed by atoms with Gasteiger partial charge in [-0.15, -0.1) is 0 Å². The Morgan fingerprint density at radius 2 is 1.69 bits per heavy atom. The minimum Gasteiger partial charge on any atom is -0.322 e. The second-order valence-corrected chi connectivity index (χ2v) is 7.16. The van der Waals surface area contributed by atoms with Crippen molar-refractivity contribution >= 4 is 23.0 Å². The summed E-state index contributed by atoms with van der Waals surface area (Å²) >= 11 is 0. The van der Waals surface area contributed by atoms with Crippen molar-refractivity contribution in [3.63, 3.8) is 0 Å². The van der Waals surface area contributed by atoms with Crippen LogP contribution in [0.2, 0.25) is 0 Å². The fourth-order valence-corrected chi connectivity index (χ4v) is 3.89. The summed E-state index contributed by atoms with van der Waals surface area (Å²) in [6.45, 7) is 1.93. The number of non-ortho nitro benzene ring substituents is 1. The Morgan fingerprint density at radius 3 is 2.38 bits per heavy atom. The number of rotatable bonds is 5. The highest BCUT2D eigenvalue weighted by Gasteiger charge is 2.27. The van der Waals surface area contributed by atoms with E-state index in [0.29, 0.717) is 5.56 Å². The van der Waals surface area contributed by atoms with E-state index in [1.165, 1.54) is 12.1 Å². The number of fused-ring (bicyclic) bond motifs is 1. The predicted octanol–water partition coefficient (Wildman–Crippen LogP) is 4.71. The lowest BCUT2D eigenvalue weighted by Crippen LogP contribution is -2.16. The highest BCUT2D eigenvalue weighted by Crippen LogP contribution is 2.31. The Labute approximate surface area is 168 Å². The van der Waals surface area contributed by atoms with E-state index in [9.17, 15) is 14.9 Å². The van der Waals surface area contributed by atoms with Gasteiger partial charge in [0.05, 0.1) is 21.9 Å². The molecule has 2 N–H and O–H groups in total. The van der Waals surface area contributed by atoms with Crippen LogP contribution >= 0.6 is 0 Å². The van der Waals surface area contributed by atoms with E-state index in [4.69, 9.17) is 0 Å². The van der Waals surface area contributed by atoms with Crippen LogP contribution in [-0.4, -0.2) is 15.5 Å². The molecular formula is C22H22N4O3. The highest BCUT2D eigenvalue weighted by molar-refractivity contribution is 6.06. The van der Waals surface area contributed by atoms with Gasteiger partial charge in [-0.2, -0.15) is 0 Å². The summed E-state index contributed by atoms with van der Waals surface area (Å²) in [5.41, 5.74) is 8.59. The number of nitro groups is 1. The number of para-hydroxylation sites is 1. The van der Waals surface area contributed by atoms with Gasteiger partial charge in [0.2, 0.25) is 0 Å². The van der Waals surface area contributed by atoms with E-state index in [0.717, 1.165) is 54.0 Å². The molecule has 0 aliphatic heterocycles. The lowest BCUT2D eigenvalue weighted by molar-refractivity contribution is -0.384. The van der Waals surface area contributed by atoms with Crippen molar-refractivity contribution in [2.24, 2.45) is 0 Å². The smallest absolute Gasteiger partial charge is 0.269 e. The first-order valence-electron chi connectivity index (χ1n) is 9.65. The summed E-state index contributed by atoms with van der Waals surface area (Å²) in [5, 5.41) is 13.9. The summed E-state index contributed by atoms with van der Waals surface area (Å²) in [6, 6.07) is 15.7. The maximum atomic E-state index is 13.1. The van der Waals surface area contributed by atoms with Gasteiger partial charge in [0.25, 0.3) is 11.6 Å². The lowest BCUT2D eigenvalue weighted by atomic mass is 9.94. The molecule has 0 unspecified atom stereocenters. The van der Waals surface area contributed by atoms with Crippen molar-refractivity contribution in [2.75, 3.05) is 10.7 Å². The molecule has 0 radical (unpaired) electrons. The van der Waals surface area contributed by atoms with E-state index >= 15 is 0 Å². The molecule has 3 aromatic rings. The third-order valence-electron chi connectivity index (χ3n) is 5.29. The van der Waals surface area contributed by atoms with Crippen LogP contribution in [0.3, 0.4) is 0 Å². The monoisotopic (exact) mass is 390 g/mol. The van der Waals surface area contributed by atoms with E-state index < -0.39 is 4.92 Å². The average molecular weight is 390 g/mol. The van der Waals surface area contributed by atoms with Crippen LogP contribution in [0, 0.1) is 17.0 Å². The molecule has 0 bridgehead atoms. The summed E-state index contributed by atoms with van der Waals surface area (Å²) in [6.07, 6.45) is 3.87. The first kappa shape index (κ1) is 18.7. The van der Waals surface area contributed by atoms with Crippen LogP contribution in [0.15, 0.2) is 54.6 Å². The Morgan fingerprint density at radius 1 is 1.00 bits per heavy atom. The fourth-order valence-electron chi connectivity index (χ4n) is 3.89. The van der Waals surface area contributed by atoms with Crippen LogP contribution < -0.4 is 10.7 Å². The molecule has 29 heavy (non-hydrogen) atoms. The number of hydrogen-bond donors (Lipinski definition) is 2. The molecule has 1 amide bonds. The average Bonchev–Trinajstić information content (AvgIpc) is 3.01. The number of nitrogens with zero attached hydrogens (tertiary/aromatic N) is 2. The molecule has 1 aliphatic rings. The molecule has 4 rings (SSSR count). The van der Waals surface area contributed by atoms with Gasteiger partial charge in [-0.05, 0) is 62.4 Å². The molecule has 7 nitrogen and oxygen atoms in total. The van der Waals surface area contributed by atoms with Crippen LogP contribution in [0.5, 0.6) is 0 Å². The largest absolute Gasteiger partial charge is 0.322 e. The van der Waals surface area contributed by atoms with Gasteiger partial charge in [0, 0.05) is 23.5 Å². The van der Waals surface area contributed by atoms with Crippen LogP contribution in [0.4, 0.5) is 17.1 Å². The molecule has 0 saturated carbocycles. The first-order valence-corrected chi connectivity index (χ1v) is 9.65. The number of carbonyl (C=O) groups excluding carboxylic acids is 1. The van der Waals surface area contributed by atoms with Crippen molar-refractivity contribution in [1.82, 2.24) is 4.68 Å². The standard InChI is InChI=1S/C22H22N4O3/c1-15-21(22(27)23-16-7-3-2-4-8-16)19-9-5-6-10-20(19)25(15)24-17-11-13-18(14-12-17)26(28)29/h2-4,7-8,11-14,24H,5-6,9-10H2,1H3,(H,23,27). The molecule has 0 fully saturated rings. The van der Waals surface area contributed by atoms with Gasteiger partial charge >= 0.3 is 0 Å². The maximum absolute atomic E-state index is 13.1. The van der Waals surface area contributed by atoms with Gasteiger partial charge in [0.1, 0.15) is 0 Å². The van der Waals surface area contributed by atoms with E-state index in [-0.39, 0.29) is 11.6 Å². The van der Waals surface area contributed by atoms with E-state index in [1.807, 2.05) is 41.9 Å². The lowest BCUT2D eigenvalue weighted by Gasteiger charge is -2.18. The van der Waals surface area contributed by atoms with Gasteiger partial charge in [0.15, 0.2) is 0 Å². The zero-order valence-electron chi connectivity index (χ0n) is 16.1. The van der Waals surface area contributed by atoms with Gasteiger partial charge in [-0.25, -0.2) is 0 Å². The van der Waals surface area contributed by atoms with Crippen molar-refractivity contribution in [3.05, 3.63) is 87.2 Å². The minimum absolute atomic E-state index is 0.0461. The van der Waals surface area contributed by atoms with E-state index in [2.05, 4.69) is 10.7 Å². The number of nitro benzene ring substituents is 1. The number of anilines is 2. The molecule has 0 spiro atoms. The summed E-state index contributed by atoms with van der Waals surface area (Å²) < 4.78 is 1.95. The van der Waals surface area contributed by atoms with Gasteiger partial charge in [-0.3, -0.25) is 25.0 Å². The quantitative estimate of drug-likeness (QED) is 0.488. The van der Waals surface area contributed by atoms with E-state index in [1.54, 1.807) is 12.1 Å². The Kier molecular flexibility index (Phi) is 5.03. The van der Waals surface area contributed by atoms with Crippen molar-refractivity contribution in [3.8, 4) is 0 Å². The zero-order valence-corrected chi connectivity index (χ0v) is 16.1. The summed E-state index contributed by atoms with van der Waals surface area (Å²) in [5.74, 6) is -0.115. The van der Waals surface area contributed by atoms with Crippen molar-refractivity contribution < 1.29 is 9.72 Å². The predicted molar refractivity (Wildman–Crippen MR) is 112 cm³/mol. The fraction of sp³-hybridized carbons (Fsp3) is 0.227. The summed E-state index contributed by atoms with van der Waals surface area (Å²) in [4.78, 5) is 23.5. The second kappa shape index (κ2) is 7.79. The Balaban J connectivity index is 1.68. The molecule has 1 heterocycles. The molecular weight excluding hydrogens is 368 g/mol. The van der Waals surface area contributed by atoms with Crippen LogP contribution in [0.1, 0.15) is 40.2 Å². The maximum Gasteiger partial charge on any atom is 0.269 e. The molecule has 7 heteroatoms. The first-order chi connectivity index (χ1) is 14.0. The van der Waals surface area contributed by atoms with Gasteiger partial charge in [-0.1, -0.05) is 18.2 Å². The third-order valence-corrected chi connectivity index (χ3v) is 5.29. The van der Waals surface area contributed by atoms with Crippen LogP contribution in [-0.2, 0) is 12.8 Å². The third kappa shape index (κ3) is 3.71. The minimum atomic E-state index is -0.418. The molecule has 0 saturated heterocycles. The van der Waals surface area contributed by atoms with Crippen LogP contribution in [0.25, 0.3) is 0 Å². The number of carbonyl (C=O) groups is 1. The second-order valence-electron chi connectivity index (χ2n) is 7.16. The van der Waals surface area contributed by atoms with Gasteiger partial charge < -0.3 is 5.32 Å². The summed E-state index contributed by atoms with van der Waals surface area (Å²) in [7, 11) is 0. The normalized spacial score (nSPS) is 12.9. The number of nitrogens with one attached hydrogen (secondary N) is 2.